The molecule has 3 N–H and O–H groups in total. The first kappa shape index (κ1) is 37.8. The monoisotopic (exact) mass is 714 g/mol. The maximum Gasteiger partial charge on any atom is 0.321 e. The fraction of sp³-hybridized carbons (Fsp3) is 0.471. The molecule has 2 aromatic carbocycles. The van der Waals surface area contributed by atoms with Gasteiger partial charge in [0.25, 0.3) is 0 Å². The number of nitrogens with one attached hydrogen (secondary N) is 1. The number of methoxy groups -OCH3 is 1. The minimum Gasteiger partial charge on any atom is -0.497 e. The summed E-state index contributed by atoms with van der Waals surface area (Å²) in [5.41, 5.74) is 1.49. The number of carbonyl (C=O) groups excluding carboxylic acids is 2. The van der Waals surface area contributed by atoms with Crippen LogP contribution in [0.4, 0.5) is 4.79 Å². The van der Waals surface area contributed by atoms with Gasteiger partial charge in [-0.3, -0.25) is 4.79 Å². The largest absolute Gasteiger partial charge is 0.497 e. The van der Waals surface area contributed by atoms with Crippen molar-refractivity contribution in [3.63, 3.8) is 0 Å². The van der Waals surface area contributed by atoms with E-state index in [-0.39, 0.29) is 48.8 Å². The van der Waals surface area contributed by atoms with Crippen LogP contribution in [0.15, 0.2) is 70.0 Å². The summed E-state index contributed by atoms with van der Waals surface area (Å²) in [5, 5.41) is 28.8. The number of ether oxygens (including phenoxy) is 1. The molecule has 266 valence electrons. The fourth-order valence-corrected chi connectivity index (χ4v) is 8.12. The van der Waals surface area contributed by atoms with E-state index in [1.54, 1.807) is 22.4 Å². The van der Waals surface area contributed by atoms with Crippen molar-refractivity contribution in [2.45, 2.75) is 63.7 Å². The van der Waals surface area contributed by atoms with Crippen molar-refractivity contribution in [2.24, 2.45) is 17.0 Å². The van der Waals surface area contributed by atoms with Crippen molar-refractivity contribution in [3.05, 3.63) is 76.2 Å². The smallest absolute Gasteiger partial charge is 0.321 e. The number of amides is 3. The Kier molecular flexibility index (Phi) is 13.1. The van der Waals surface area contributed by atoms with E-state index < -0.39 is 34.1 Å². The molecule has 0 saturated carbocycles. The molecule has 0 radical (unpaired) electrons. The molecule has 49 heavy (non-hydrogen) atoms. The summed E-state index contributed by atoms with van der Waals surface area (Å²) in [7, 11) is -2.51. The molecule has 1 aromatic heterocycles. The lowest BCUT2D eigenvalue weighted by Gasteiger charge is -2.34. The van der Waals surface area contributed by atoms with Gasteiger partial charge in [0.2, 0.25) is 15.9 Å². The lowest BCUT2D eigenvalue weighted by Crippen LogP contribution is -2.57. The number of hydrogen-bond acceptors (Lipinski definition) is 10. The number of sulfonamides is 1. The number of aliphatic hydroxyl groups excluding tert-OH is 1. The first-order valence-corrected chi connectivity index (χ1v) is 18.5. The highest BCUT2D eigenvalue weighted by atomic mass is 32.2. The van der Waals surface area contributed by atoms with Crippen molar-refractivity contribution in [3.8, 4) is 5.75 Å². The average molecular weight is 715 g/mol. The summed E-state index contributed by atoms with van der Waals surface area (Å²) in [4.78, 5) is 35.2. The van der Waals surface area contributed by atoms with E-state index in [0.29, 0.717) is 29.5 Å². The topological polar surface area (TPSA) is 165 Å². The van der Waals surface area contributed by atoms with Gasteiger partial charge in [-0.25, -0.2) is 18.2 Å². The molecule has 0 bridgehead atoms. The lowest BCUT2D eigenvalue weighted by atomic mass is 9.97. The number of benzene rings is 2. The van der Waals surface area contributed by atoms with Crippen LogP contribution in [0.5, 0.6) is 5.75 Å². The third-order valence-electron chi connectivity index (χ3n) is 8.20. The van der Waals surface area contributed by atoms with Crippen LogP contribution >= 0.6 is 11.3 Å². The van der Waals surface area contributed by atoms with Gasteiger partial charge in [0.05, 0.1) is 36.4 Å². The zero-order chi connectivity index (χ0) is 35.7. The van der Waals surface area contributed by atoms with Crippen LogP contribution in [0.25, 0.3) is 0 Å². The Morgan fingerprint density at radius 1 is 1.10 bits per heavy atom. The van der Waals surface area contributed by atoms with Gasteiger partial charge in [-0.15, -0.1) is 11.3 Å². The lowest BCUT2D eigenvalue weighted by molar-refractivity contribution is -0.128. The Labute approximate surface area is 292 Å². The Balaban J connectivity index is 1.55. The minimum atomic E-state index is -4.01. The van der Waals surface area contributed by atoms with E-state index in [0.717, 1.165) is 5.56 Å². The summed E-state index contributed by atoms with van der Waals surface area (Å²) in [5.74, 6) is -0.230. The standard InChI is InChI=1S/C34H46N6O7S2/c1-23(2)19-39(49(45,46)28-13-11-27(47-5)12-14-28)21-30(41)29(17-25-9-7-6-8-10-25)37-33(42)32(24(3)4)40-16-15-38(34(40)43)20-26-22-48-31(36-26)18-35-44/h6-14,18,22-24,29-30,32,41,44H,15-17,19-21H2,1-5H3,(H,37,42)/t29-,30+,32-/m0/s1. The van der Waals surface area contributed by atoms with Gasteiger partial charge in [0.15, 0.2) is 0 Å². The molecule has 0 spiro atoms. The summed E-state index contributed by atoms with van der Waals surface area (Å²) < 4.78 is 34.1. The van der Waals surface area contributed by atoms with Gasteiger partial charge in [-0.1, -0.05) is 63.2 Å². The molecule has 3 aromatic rings. The van der Waals surface area contributed by atoms with Gasteiger partial charge < -0.3 is 30.2 Å². The minimum absolute atomic E-state index is 0.0458. The highest BCUT2D eigenvalue weighted by Gasteiger charge is 2.40. The van der Waals surface area contributed by atoms with Gasteiger partial charge in [-0.05, 0) is 48.1 Å². The Morgan fingerprint density at radius 3 is 2.41 bits per heavy atom. The molecule has 3 amide bonds. The van der Waals surface area contributed by atoms with E-state index in [2.05, 4.69) is 15.5 Å². The van der Waals surface area contributed by atoms with Crippen LogP contribution in [-0.4, -0.2) is 107 Å². The number of oxime groups is 1. The normalized spacial score (nSPS) is 15.8. The van der Waals surface area contributed by atoms with Gasteiger partial charge in [0, 0.05) is 31.6 Å². The van der Waals surface area contributed by atoms with E-state index in [1.165, 1.54) is 46.0 Å². The number of carbonyl (C=O) groups is 2. The van der Waals surface area contributed by atoms with Crippen LogP contribution in [0, 0.1) is 11.8 Å². The molecular weight excluding hydrogens is 669 g/mol. The second-order valence-electron chi connectivity index (χ2n) is 12.8. The average Bonchev–Trinajstić information content (AvgIpc) is 3.66. The number of nitrogens with zero attached hydrogens (tertiary/aromatic N) is 5. The number of hydrogen-bond donors (Lipinski definition) is 3. The van der Waals surface area contributed by atoms with Crippen molar-refractivity contribution >= 4 is 39.5 Å². The van der Waals surface area contributed by atoms with Gasteiger partial charge >= 0.3 is 6.03 Å². The summed E-state index contributed by atoms with van der Waals surface area (Å²) in [6.07, 6.45) is 0.179. The van der Waals surface area contributed by atoms with Crippen molar-refractivity contribution < 1.29 is 33.1 Å². The number of aliphatic hydroxyl groups is 1. The highest BCUT2D eigenvalue weighted by Crippen LogP contribution is 2.24. The second-order valence-corrected chi connectivity index (χ2v) is 15.6. The number of rotatable bonds is 17. The summed E-state index contributed by atoms with van der Waals surface area (Å²) in [6, 6.07) is 13.4. The van der Waals surface area contributed by atoms with Crippen LogP contribution in [-0.2, 0) is 27.8 Å². The molecule has 0 aliphatic carbocycles. The Morgan fingerprint density at radius 2 is 1.80 bits per heavy atom. The quantitative estimate of drug-likeness (QED) is 0.108. The Hall–Kier alpha value is -4.05. The molecule has 3 atom stereocenters. The summed E-state index contributed by atoms with van der Waals surface area (Å²) in [6.45, 7) is 8.34. The molecule has 1 fully saturated rings. The predicted molar refractivity (Wildman–Crippen MR) is 187 cm³/mol. The maximum absolute atomic E-state index is 14.1. The molecule has 1 aliphatic heterocycles. The molecule has 0 unspecified atom stereocenters. The molecule has 15 heteroatoms. The van der Waals surface area contributed by atoms with E-state index in [4.69, 9.17) is 9.94 Å². The molecule has 1 aliphatic rings. The summed E-state index contributed by atoms with van der Waals surface area (Å²) >= 11 is 1.29. The van der Waals surface area contributed by atoms with Gasteiger partial charge in [0.1, 0.15) is 23.0 Å². The molecule has 1 saturated heterocycles. The van der Waals surface area contributed by atoms with E-state index in [9.17, 15) is 23.1 Å². The first-order valence-electron chi connectivity index (χ1n) is 16.2. The molecule has 13 nitrogen and oxygen atoms in total. The van der Waals surface area contributed by atoms with Crippen molar-refractivity contribution in [1.82, 2.24) is 24.4 Å². The van der Waals surface area contributed by atoms with Crippen LogP contribution in [0.2, 0.25) is 0 Å². The third kappa shape index (κ3) is 9.78. The van der Waals surface area contributed by atoms with E-state index in [1.807, 2.05) is 58.0 Å². The Bertz CT molecular complexity index is 1670. The van der Waals surface area contributed by atoms with Crippen LogP contribution in [0.3, 0.4) is 0 Å². The number of thiazole rings is 1. The van der Waals surface area contributed by atoms with Crippen molar-refractivity contribution in [1.29, 1.82) is 0 Å². The highest BCUT2D eigenvalue weighted by molar-refractivity contribution is 7.89. The fourth-order valence-electron chi connectivity index (χ4n) is 5.84. The third-order valence-corrected chi connectivity index (χ3v) is 10.9. The maximum atomic E-state index is 14.1. The first-order chi connectivity index (χ1) is 23.3. The molecular formula is C34H46N6O7S2. The van der Waals surface area contributed by atoms with Crippen molar-refractivity contribution in [2.75, 3.05) is 33.3 Å². The predicted octanol–water partition coefficient (Wildman–Crippen LogP) is 3.66. The number of urea groups is 1. The molecule has 4 rings (SSSR count). The van der Waals surface area contributed by atoms with Crippen LogP contribution < -0.4 is 10.1 Å². The molecule has 2 heterocycles. The van der Waals surface area contributed by atoms with Gasteiger partial charge in [-0.2, -0.15) is 4.31 Å². The van der Waals surface area contributed by atoms with E-state index >= 15 is 0 Å². The second kappa shape index (κ2) is 17.1. The number of aromatic nitrogens is 1. The zero-order valence-electron chi connectivity index (χ0n) is 28.5. The SMILES string of the molecule is COc1ccc(S(=O)(=O)N(CC(C)C)C[C@@H](O)[C@H](Cc2ccccc2)NC(=O)[C@H](C(C)C)N2CCN(Cc3csc(C=NO)n3)C2=O)cc1. The van der Waals surface area contributed by atoms with Crippen LogP contribution in [0.1, 0.15) is 44.0 Å². The zero-order valence-corrected chi connectivity index (χ0v) is 30.1.